The van der Waals surface area contributed by atoms with Gasteiger partial charge in [0.05, 0.1) is 34.4 Å². The van der Waals surface area contributed by atoms with Crippen molar-refractivity contribution in [1.82, 2.24) is 0 Å². The van der Waals surface area contributed by atoms with E-state index in [1.807, 2.05) is 21.1 Å². The Morgan fingerprint density at radius 2 is 0.740 bits per heavy atom. The molecule has 1 N–H and O–H groups in total. The maximum absolute atomic E-state index is 12.9. The average molecular weight is 1090 g/mol. The van der Waals surface area contributed by atoms with E-state index >= 15 is 0 Å². The Kier molecular flexibility index (Phi) is 57.3. The third-order valence-corrected chi connectivity index (χ3v) is 14.6. The summed E-state index contributed by atoms with van der Waals surface area (Å²) in [6.45, 7) is 4.82. The summed E-state index contributed by atoms with van der Waals surface area (Å²) < 4.78 is 23.0. The van der Waals surface area contributed by atoms with Crippen LogP contribution in [0.4, 0.5) is 0 Å². The van der Waals surface area contributed by atoms with Crippen LogP contribution in [0.15, 0.2) is 48.6 Å². The quantitative estimate of drug-likeness (QED) is 0.0211. The molecule has 0 saturated heterocycles. The summed E-state index contributed by atoms with van der Waals surface area (Å²) in [5.74, 6) is -1.98. The van der Waals surface area contributed by atoms with Gasteiger partial charge in [-0.05, 0) is 51.4 Å². The van der Waals surface area contributed by atoms with Gasteiger partial charge in [0.25, 0.3) is 6.29 Å². The van der Waals surface area contributed by atoms with Crippen LogP contribution >= 0.6 is 0 Å². The number of quaternary nitrogens is 1. The summed E-state index contributed by atoms with van der Waals surface area (Å²) in [6, 6.07) is 0. The maximum atomic E-state index is 12.9. The second-order valence-electron chi connectivity index (χ2n) is 23.4. The summed E-state index contributed by atoms with van der Waals surface area (Å²) >= 11 is 0. The largest absolute Gasteiger partial charge is 0.477 e. The van der Waals surface area contributed by atoms with Crippen LogP contribution in [0.2, 0.25) is 0 Å². The van der Waals surface area contributed by atoms with Crippen LogP contribution in [-0.4, -0.2) is 87.4 Å². The molecule has 77 heavy (non-hydrogen) atoms. The van der Waals surface area contributed by atoms with Crippen LogP contribution in [0.5, 0.6) is 0 Å². The Hall–Kier alpha value is -2.75. The van der Waals surface area contributed by atoms with E-state index in [4.69, 9.17) is 18.9 Å². The zero-order valence-electron chi connectivity index (χ0n) is 51.4. The number of ether oxygens (including phenoxy) is 4. The number of carbonyl (C=O) groups excluding carboxylic acids is 2. The highest BCUT2D eigenvalue weighted by Crippen LogP contribution is 2.18. The molecular formula is C68H126NO8+. The van der Waals surface area contributed by atoms with Crippen LogP contribution in [0.1, 0.15) is 309 Å². The van der Waals surface area contributed by atoms with E-state index in [0.29, 0.717) is 17.4 Å². The smallest absolute Gasteiger partial charge is 0.361 e. The molecule has 0 fully saturated rings. The summed E-state index contributed by atoms with van der Waals surface area (Å²) in [5.41, 5.74) is 0. The molecular weight excluding hydrogens is 959 g/mol. The predicted molar refractivity (Wildman–Crippen MR) is 327 cm³/mol. The second-order valence-corrected chi connectivity index (χ2v) is 23.4. The van der Waals surface area contributed by atoms with E-state index in [0.717, 1.165) is 64.2 Å². The molecule has 0 bridgehead atoms. The van der Waals surface area contributed by atoms with Crippen molar-refractivity contribution in [2.75, 3.05) is 47.5 Å². The van der Waals surface area contributed by atoms with Gasteiger partial charge in [-0.2, -0.15) is 0 Å². The van der Waals surface area contributed by atoms with Crippen LogP contribution < -0.4 is 0 Å². The molecule has 0 aromatic rings. The van der Waals surface area contributed by atoms with Crippen LogP contribution in [-0.2, 0) is 33.3 Å². The first kappa shape index (κ1) is 74.2. The fourth-order valence-corrected chi connectivity index (χ4v) is 9.60. The van der Waals surface area contributed by atoms with E-state index in [2.05, 4.69) is 62.5 Å². The SMILES string of the molecule is CC/C=C\C/C=C\C/C=C\C/C=C\CCCCCCCCCCCCCCCCCCCCC(=O)OC(COC(=O)CCCCCCCCCCCCCCCCCCCCCCC)COC(OCC[N+](C)(C)C)C(=O)O. The highest BCUT2D eigenvalue weighted by Gasteiger charge is 2.25. The first-order chi connectivity index (χ1) is 37.6. The first-order valence-corrected chi connectivity index (χ1v) is 32.8. The van der Waals surface area contributed by atoms with Gasteiger partial charge in [0, 0.05) is 12.8 Å². The molecule has 0 spiro atoms. The molecule has 0 radical (unpaired) electrons. The van der Waals surface area contributed by atoms with Gasteiger partial charge in [-0.1, -0.05) is 294 Å². The van der Waals surface area contributed by atoms with Crippen molar-refractivity contribution in [3.63, 3.8) is 0 Å². The minimum atomic E-state index is -1.51. The van der Waals surface area contributed by atoms with Gasteiger partial charge in [0.2, 0.25) is 0 Å². The molecule has 0 heterocycles. The molecule has 9 nitrogen and oxygen atoms in total. The van der Waals surface area contributed by atoms with Gasteiger partial charge in [0.15, 0.2) is 6.10 Å². The molecule has 9 heteroatoms. The number of carboxylic acids is 1. The standard InChI is InChI=1S/C68H125NO8/c1-6-8-10-12-14-16-18-20-22-24-26-28-29-30-31-32-33-34-35-36-37-39-41-43-45-47-49-51-53-55-57-59-66(71)77-64(63-76-68(67(72)73)74-61-60-69(3,4)5)62-75-65(70)58-56-54-52-50-48-46-44-42-40-38-27-25-23-21-19-17-15-13-11-9-7-2/h8,10,14,16,20,22,26,28,64,68H,6-7,9,11-13,15,17-19,21,23-25,27,29-63H2,1-5H3/p+1/b10-8-,16-14-,22-20-,28-26-. The van der Waals surface area contributed by atoms with Gasteiger partial charge < -0.3 is 28.5 Å². The van der Waals surface area contributed by atoms with Crippen molar-refractivity contribution in [2.24, 2.45) is 0 Å². The Balaban J connectivity index is 4.10. The average Bonchev–Trinajstić information content (AvgIpc) is 3.40. The van der Waals surface area contributed by atoms with Crippen molar-refractivity contribution < 1.29 is 42.9 Å². The molecule has 0 aromatic carbocycles. The molecule has 0 aromatic heterocycles. The molecule has 2 atom stereocenters. The Labute approximate surface area is 476 Å². The molecule has 0 saturated carbocycles. The highest BCUT2D eigenvalue weighted by atomic mass is 16.7. The summed E-state index contributed by atoms with van der Waals surface area (Å²) in [4.78, 5) is 37.5. The monoisotopic (exact) mass is 1080 g/mol. The van der Waals surface area contributed by atoms with Crippen molar-refractivity contribution in [2.45, 2.75) is 322 Å². The number of hydrogen-bond acceptors (Lipinski definition) is 7. The van der Waals surface area contributed by atoms with E-state index in [1.165, 1.54) is 218 Å². The Morgan fingerprint density at radius 3 is 1.10 bits per heavy atom. The number of unbranched alkanes of at least 4 members (excludes halogenated alkanes) is 38. The predicted octanol–water partition coefficient (Wildman–Crippen LogP) is 19.8. The number of allylic oxidation sites excluding steroid dienone is 8. The molecule has 0 aliphatic rings. The number of aliphatic carboxylic acids is 1. The van der Waals surface area contributed by atoms with Gasteiger partial charge in [-0.3, -0.25) is 9.59 Å². The molecule has 0 aliphatic carbocycles. The summed E-state index contributed by atoms with van der Waals surface area (Å²) in [6.07, 6.45) is 72.1. The van der Waals surface area contributed by atoms with Gasteiger partial charge >= 0.3 is 17.9 Å². The minimum Gasteiger partial charge on any atom is -0.477 e. The van der Waals surface area contributed by atoms with Crippen LogP contribution in [0, 0.1) is 0 Å². The van der Waals surface area contributed by atoms with Gasteiger partial charge in [0.1, 0.15) is 13.2 Å². The van der Waals surface area contributed by atoms with Crippen molar-refractivity contribution in [3.05, 3.63) is 48.6 Å². The number of carbonyl (C=O) groups is 3. The molecule has 0 aliphatic heterocycles. The zero-order valence-corrected chi connectivity index (χ0v) is 51.4. The number of esters is 2. The third-order valence-electron chi connectivity index (χ3n) is 14.6. The Morgan fingerprint density at radius 1 is 0.403 bits per heavy atom. The number of nitrogens with zero attached hydrogens (tertiary/aromatic N) is 1. The highest BCUT2D eigenvalue weighted by molar-refractivity contribution is 5.71. The lowest BCUT2D eigenvalue weighted by Crippen LogP contribution is -2.40. The lowest BCUT2D eigenvalue weighted by molar-refractivity contribution is -0.870. The molecule has 450 valence electrons. The number of rotatable bonds is 61. The summed E-state index contributed by atoms with van der Waals surface area (Å²) in [7, 11) is 5.98. The minimum absolute atomic E-state index is 0.177. The van der Waals surface area contributed by atoms with Crippen LogP contribution in [0.25, 0.3) is 0 Å². The number of likely N-dealkylation sites (N-methyl/N-ethyl adjacent to an activating group) is 1. The molecule has 0 rings (SSSR count). The van der Waals surface area contributed by atoms with Crippen molar-refractivity contribution >= 4 is 17.9 Å². The number of carboxylic acid groups (broad SMARTS) is 1. The van der Waals surface area contributed by atoms with Crippen molar-refractivity contribution in [1.29, 1.82) is 0 Å². The number of hydrogen-bond donors (Lipinski definition) is 1. The van der Waals surface area contributed by atoms with Crippen LogP contribution in [0.3, 0.4) is 0 Å². The lowest BCUT2D eigenvalue weighted by Gasteiger charge is -2.25. The molecule has 0 amide bonds. The first-order valence-electron chi connectivity index (χ1n) is 32.8. The van der Waals surface area contributed by atoms with E-state index in [1.54, 1.807) is 0 Å². The van der Waals surface area contributed by atoms with Gasteiger partial charge in [-0.15, -0.1) is 0 Å². The molecule has 2 unspecified atom stereocenters. The fraction of sp³-hybridized carbons (Fsp3) is 0.838. The van der Waals surface area contributed by atoms with E-state index in [9.17, 15) is 19.5 Å². The maximum Gasteiger partial charge on any atom is 0.361 e. The zero-order chi connectivity index (χ0) is 56.2. The normalized spacial score (nSPS) is 13.0. The topological polar surface area (TPSA) is 108 Å². The Bertz CT molecular complexity index is 1400. The van der Waals surface area contributed by atoms with E-state index < -0.39 is 18.4 Å². The lowest BCUT2D eigenvalue weighted by atomic mass is 10.0. The van der Waals surface area contributed by atoms with Gasteiger partial charge in [-0.25, -0.2) is 4.79 Å². The fourth-order valence-electron chi connectivity index (χ4n) is 9.60. The van der Waals surface area contributed by atoms with Crippen molar-refractivity contribution in [3.8, 4) is 0 Å². The summed E-state index contributed by atoms with van der Waals surface area (Å²) in [5, 5.41) is 9.73. The second kappa shape index (κ2) is 59.4. The third kappa shape index (κ3) is 60.7. The van der Waals surface area contributed by atoms with E-state index in [-0.39, 0.29) is 38.2 Å².